The first-order chi connectivity index (χ1) is 7.99. The average Bonchev–Trinajstić information content (AvgIpc) is 2.53. The largest absolute Gasteiger partial charge is 0.392 e. The van der Waals surface area contributed by atoms with Gasteiger partial charge in [0.1, 0.15) is 11.1 Å². The van der Waals surface area contributed by atoms with Crippen LogP contribution < -0.4 is 5.73 Å². The Balaban J connectivity index is 2.26. The number of thiol groups is 1. The summed E-state index contributed by atoms with van der Waals surface area (Å²) in [5.74, 6) is -0.639. The summed E-state index contributed by atoms with van der Waals surface area (Å²) >= 11 is 5.23. The second kappa shape index (κ2) is 4.64. The summed E-state index contributed by atoms with van der Waals surface area (Å²) in [5.41, 5.74) is 5.82. The molecule has 3 N–H and O–H groups in total. The van der Waals surface area contributed by atoms with Gasteiger partial charge in [-0.2, -0.15) is 0 Å². The van der Waals surface area contributed by atoms with E-state index in [0.29, 0.717) is 18.7 Å². The zero-order valence-corrected chi connectivity index (χ0v) is 11.0. The average molecular weight is 274 g/mol. The van der Waals surface area contributed by atoms with Crippen molar-refractivity contribution in [3.63, 3.8) is 0 Å². The molecule has 1 fully saturated rings. The van der Waals surface area contributed by atoms with Crippen LogP contribution in [0.2, 0.25) is 0 Å². The molecule has 2 aliphatic heterocycles. The SMILES string of the molecule is CC(O)C1C(=O)N2C(C(=O)S)=C(CCN)S[C@H]12. The number of nitrogens with zero attached hydrogens (tertiary/aromatic N) is 1. The molecule has 7 heteroatoms. The van der Waals surface area contributed by atoms with Crippen LogP contribution in [0.1, 0.15) is 13.3 Å². The number of fused-ring (bicyclic) bond motifs is 1. The Hall–Kier alpha value is -0.500. The van der Waals surface area contributed by atoms with Gasteiger partial charge >= 0.3 is 0 Å². The van der Waals surface area contributed by atoms with E-state index in [4.69, 9.17) is 5.73 Å². The van der Waals surface area contributed by atoms with Crippen molar-refractivity contribution in [2.45, 2.75) is 24.8 Å². The first kappa shape index (κ1) is 12.9. The predicted octanol–water partition coefficient (Wildman–Crippen LogP) is -0.0847. The lowest BCUT2D eigenvalue weighted by molar-refractivity contribution is -0.153. The van der Waals surface area contributed by atoms with Gasteiger partial charge in [-0.3, -0.25) is 14.5 Å². The Bertz CT molecular complexity index is 408. The predicted molar refractivity (Wildman–Crippen MR) is 68.1 cm³/mol. The molecule has 0 bridgehead atoms. The summed E-state index contributed by atoms with van der Waals surface area (Å²) in [6.07, 6.45) is -0.149. The Morgan fingerprint density at radius 3 is 2.82 bits per heavy atom. The summed E-state index contributed by atoms with van der Waals surface area (Å²) in [6, 6.07) is 0. The van der Waals surface area contributed by atoms with Gasteiger partial charge in [0, 0.05) is 4.91 Å². The van der Waals surface area contributed by atoms with E-state index < -0.39 is 17.1 Å². The third kappa shape index (κ3) is 1.91. The Labute approximate surface area is 109 Å². The van der Waals surface area contributed by atoms with Crippen molar-refractivity contribution in [2.75, 3.05) is 6.54 Å². The second-order valence-corrected chi connectivity index (χ2v) is 5.72. The molecule has 0 radical (unpaired) electrons. The number of carbonyl (C=O) groups is 2. The third-order valence-electron chi connectivity index (χ3n) is 2.95. The number of thioether (sulfide) groups is 1. The molecule has 94 valence electrons. The van der Waals surface area contributed by atoms with Crippen LogP contribution in [0.4, 0.5) is 0 Å². The minimum Gasteiger partial charge on any atom is -0.392 e. The number of aliphatic hydroxyl groups is 1. The molecular formula is C10H14N2O3S2. The molecule has 0 aromatic carbocycles. The summed E-state index contributed by atoms with van der Waals surface area (Å²) in [4.78, 5) is 25.5. The number of hydrogen-bond acceptors (Lipinski definition) is 5. The molecule has 3 atom stereocenters. The standard InChI is InChI=1S/C10H14N2O3S2/c1-4(13)6-8(14)12-7(10(15)16)5(2-3-11)17-9(6)12/h4,6,9,13H,2-3,11H2,1H3,(H,15,16)/t4?,6?,9-/m1/s1. The molecule has 5 nitrogen and oxygen atoms in total. The van der Waals surface area contributed by atoms with E-state index in [1.807, 2.05) is 0 Å². The van der Waals surface area contributed by atoms with Crippen LogP contribution in [-0.4, -0.2) is 39.1 Å². The molecule has 2 unspecified atom stereocenters. The van der Waals surface area contributed by atoms with Crippen molar-refractivity contribution in [3.05, 3.63) is 10.6 Å². The maximum Gasteiger partial charge on any atom is 0.236 e. The molecule has 0 aliphatic carbocycles. The van der Waals surface area contributed by atoms with Gasteiger partial charge in [0.25, 0.3) is 0 Å². The summed E-state index contributed by atoms with van der Waals surface area (Å²) in [6.45, 7) is 2.00. The van der Waals surface area contributed by atoms with Crippen LogP contribution >= 0.6 is 24.4 Å². The molecule has 2 aliphatic rings. The highest BCUT2D eigenvalue weighted by atomic mass is 32.2. The lowest BCUT2D eigenvalue weighted by atomic mass is 9.92. The molecule has 2 heterocycles. The fraction of sp³-hybridized carbons (Fsp3) is 0.600. The van der Waals surface area contributed by atoms with E-state index in [1.54, 1.807) is 6.92 Å². The van der Waals surface area contributed by atoms with Gasteiger partial charge in [0.2, 0.25) is 11.0 Å². The fourth-order valence-corrected chi connectivity index (χ4v) is 4.11. The van der Waals surface area contributed by atoms with Gasteiger partial charge in [-0.1, -0.05) is 12.6 Å². The number of rotatable bonds is 4. The molecular weight excluding hydrogens is 260 g/mol. The van der Waals surface area contributed by atoms with Gasteiger partial charge in [-0.25, -0.2) is 0 Å². The molecule has 0 aromatic rings. The highest BCUT2D eigenvalue weighted by Gasteiger charge is 2.56. The summed E-state index contributed by atoms with van der Waals surface area (Å²) < 4.78 is 0. The van der Waals surface area contributed by atoms with Crippen molar-refractivity contribution in [1.29, 1.82) is 0 Å². The highest BCUT2D eigenvalue weighted by molar-refractivity contribution is 8.04. The van der Waals surface area contributed by atoms with Crippen molar-refractivity contribution >= 4 is 35.4 Å². The van der Waals surface area contributed by atoms with E-state index >= 15 is 0 Å². The maximum absolute atomic E-state index is 11.9. The monoisotopic (exact) mass is 274 g/mol. The molecule has 1 saturated heterocycles. The number of nitrogens with two attached hydrogens (primary N) is 1. The van der Waals surface area contributed by atoms with Gasteiger partial charge in [0.05, 0.1) is 12.0 Å². The van der Waals surface area contributed by atoms with Crippen molar-refractivity contribution in [3.8, 4) is 0 Å². The van der Waals surface area contributed by atoms with Crippen LogP contribution in [0, 0.1) is 5.92 Å². The van der Waals surface area contributed by atoms with E-state index in [-0.39, 0.29) is 11.3 Å². The topological polar surface area (TPSA) is 83.6 Å². The first-order valence-corrected chi connectivity index (χ1v) is 6.66. The highest BCUT2D eigenvalue weighted by Crippen LogP contribution is 2.51. The van der Waals surface area contributed by atoms with E-state index in [9.17, 15) is 14.7 Å². The fourth-order valence-electron chi connectivity index (χ4n) is 2.16. The van der Waals surface area contributed by atoms with Crippen LogP contribution in [0.5, 0.6) is 0 Å². The Morgan fingerprint density at radius 1 is 1.71 bits per heavy atom. The molecule has 0 saturated carbocycles. The first-order valence-electron chi connectivity index (χ1n) is 5.33. The number of amides is 1. The molecule has 0 aromatic heterocycles. The lowest BCUT2D eigenvalue weighted by Crippen LogP contribution is -2.60. The normalized spacial score (nSPS) is 29.2. The smallest absolute Gasteiger partial charge is 0.236 e. The second-order valence-electron chi connectivity index (χ2n) is 4.10. The maximum atomic E-state index is 11.9. The van der Waals surface area contributed by atoms with Crippen LogP contribution in [0.15, 0.2) is 10.6 Å². The number of β-lactam (4-membered cyclic amide) rings is 1. The summed E-state index contributed by atoms with van der Waals surface area (Å²) in [7, 11) is 0. The number of carbonyl (C=O) groups excluding carboxylic acids is 2. The Morgan fingerprint density at radius 2 is 2.35 bits per heavy atom. The zero-order valence-electron chi connectivity index (χ0n) is 9.29. The van der Waals surface area contributed by atoms with Crippen molar-refractivity contribution in [1.82, 2.24) is 4.90 Å². The van der Waals surface area contributed by atoms with E-state index in [1.165, 1.54) is 16.7 Å². The number of hydrogen-bond donors (Lipinski definition) is 3. The van der Waals surface area contributed by atoms with Crippen LogP contribution in [0.25, 0.3) is 0 Å². The van der Waals surface area contributed by atoms with Crippen molar-refractivity contribution in [2.24, 2.45) is 11.7 Å². The number of aliphatic hydroxyl groups excluding tert-OH is 1. The molecule has 0 spiro atoms. The van der Waals surface area contributed by atoms with Crippen LogP contribution in [0.3, 0.4) is 0 Å². The third-order valence-corrected chi connectivity index (χ3v) is 4.59. The van der Waals surface area contributed by atoms with Gasteiger partial charge in [-0.15, -0.1) is 11.8 Å². The van der Waals surface area contributed by atoms with E-state index in [0.717, 1.165) is 4.91 Å². The van der Waals surface area contributed by atoms with Gasteiger partial charge in [0.15, 0.2) is 0 Å². The van der Waals surface area contributed by atoms with Gasteiger partial charge < -0.3 is 10.8 Å². The lowest BCUT2D eigenvalue weighted by Gasteiger charge is -2.43. The van der Waals surface area contributed by atoms with Gasteiger partial charge in [-0.05, 0) is 19.9 Å². The Kier molecular flexibility index (Phi) is 3.53. The molecule has 17 heavy (non-hydrogen) atoms. The molecule has 1 amide bonds. The van der Waals surface area contributed by atoms with Crippen LogP contribution in [-0.2, 0) is 9.59 Å². The molecule has 2 rings (SSSR count). The minimum atomic E-state index is -0.704. The minimum absolute atomic E-state index is 0.171. The zero-order chi connectivity index (χ0) is 12.7. The van der Waals surface area contributed by atoms with E-state index in [2.05, 4.69) is 12.6 Å². The summed E-state index contributed by atoms with van der Waals surface area (Å²) in [5, 5.41) is 8.94. The quantitative estimate of drug-likeness (QED) is 0.493. The van der Waals surface area contributed by atoms with Crippen molar-refractivity contribution < 1.29 is 14.7 Å².